The summed E-state index contributed by atoms with van der Waals surface area (Å²) in [6, 6.07) is 7.88. The Bertz CT molecular complexity index is 596. The minimum Gasteiger partial charge on any atom is -0.482 e. The van der Waals surface area contributed by atoms with Gasteiger partial charge in [-0.1, -0.05) is 30.3 Å². The lowest BCUT2D eigenvalue weighted by molar-refractivity contribution is -0.118. The first-order chi connectivity index (χ1) is 9.76. The maximum absolute atomic E-state index is 11.6. The summed E-state index contributed by atoms with van der Waals surface area (Å²) in [5.74, 6) is 1.88. The van der Waals surface area contributed by atoms with Crippen LogP contribution in [0, 0.1) is 0 Å². The van der Waals surface area contributed by atoms with E-state index in [2.05, 4.69) is 10.1 Å². The molecule has 5 heteroatoms. The first-order valence-electron chi connectivity index (χ1n) is 6.85. The van der Waals surface area contributed by atoms with E-state index in [0.29, 0.717) is 18.1 Å². The molecule has 104 valence electrons. The van der Waals surface area contributed by atoms with Gasteiger partial charge in [-0.05, 0) is 18.1 Å². The second kappa shape index (κ2) is 5.45. The molecule has 5 nitrogen and oxygen atoms in total. The average molecular weight is 272 g/mol. The Labute approximate surface area is 116 Å². The van der Waals surface area contributed by atoms with Crippen LogP contribution in [0.15, 0.2) is 28.8 Å². The summed E-state index contributed by atoms with van der Waals surface area (Å²) in [5, 5.41) is 3.93. The van der Waals surface area contributed by atoms with Gasteiger partial charge >= 0.3 is 0 Å². The Hall–Kier alpha value is -2.17. The zero-order valence-electron chi connectivity index (χ0n) is 11.3. The van der Waals surface area contributed by atoms with Gasteiger partial charge in [0, 0.05) is 12.8 Å². The maximum atomic E-state index is 11.6. The largest absolute Gasteiger partial charge is 0.482 e. The molecule has 0 saturated carbocycles. The summed E-state index contributed by atoms with van der Waals surface area (Å²) in [7, 11) is 0. The lowest BCUT2D eigenvalue weighted by atomic mass is 10.1. The third-order valence-electron chi connectivity index (χ3n) is 3.30. The molecule has 1 atom stereocenters. The van der Waals surface area contributed by atoms with E-state index in [4.69, 9.17) is 9.26 Å². The highest BCUT2D eigenvalue weighted by atomic mass is 16.5. The van der Waals surface area contributed by atoms with Gasteiger partial charge in [0.05, 0.1) is 6.42 Å². The molecule has 20 heavy (non-hydrogen) atoms. The second-order valence-electron chi connectivity index (χ2n) is 4.93. The number of aromatic nitrogens is 2. The molecule has 2 heterocycles. The van der Waals surface area contributed by atoms with Crippen molar-refractivity contribution in [2.24, 2.45) is 0 Å². The molecule has 1 aliphatic rings. The van der Waals surface area contributed by atoms with Crippen molar-refractivity contribution in [1.29, 1.82) is 0 Å². The van der Waals surface area contributed by atoms with Crippen molar-refractivity contribution >= 4 is 5.78 Å². The number of Topliss-reactive ketones (excluding diaryl/α,β-unsaturated/α-hetero) is 1. The fourth-order valence-corrected chi connectivity index (χ4v) is 2.33. The molecule has 0 fully saturated rings. The Morgan fingerprint density at radius 1 is 1.40 bits per heavy atom. The molecule has 1 aromatic carbocycles. The second-order valence-corrected chi connectivity index (χ2v) is 4.93. The normalized spacial score (nSPS) is 16.8. The lowest BCUT2D eigenvalue weighted by Crippen LogP contribution is -2.06. The summed E-state index contributed by atoms with van der Waals surface area (Å²) >= 11 is 0. The summed E-state index contributed by atoms with van der Waals surface area (Å²) < 4.78 is 10.9. The van der Waals surface area contributed by atoms with Gasteiger partial charge in [-0.2, -0.15) is 4.98 Å². The minimum atomic E-state index is -0.217. The number of ketones is 1. The standard InChI is InChI=1S/C15H16N2O3/c1-2-5-11(18)9-14-16-15(17-20-14)13-8-10-6-3-4-7-12(10)19-13/h3-4,6-7,13H,2,5,8-9H2,1H3. The molecule has 0 amide bonds. The fraction of sp³-hybridized carbons (Fsp3) is 0.400. The van der Waals surface area contributed by atoms with Crippen LogP contribution in [0.1, 0.15) is 43.1 Å². The fourth-order valence-electron chi connectivity index (χ4n) is 2.33. The lowest BCUT2D eigenvalue weighted by Gasteiger charge is -2.04. The van der Waals surface area contributed by atoms with Crippen molar-refractivity contribution in [1.82, 2.24) is 10.1 Å². The molecule has 0 radical (unpaired) electrons. The zero-order valence-corrected chi connectivity index (χ0v) is 11.3. The summed E-state index contributed by atoms with van der Waals surface area (Å²) in [6.45, 7) is 1.97. The summed E-state index contributed by atoms with van der Waals surface area (Å²) in [5.41, 5.74) is 1.14. The van der Waals surface area contributed by atoms with Gasteiger partial charge in [0.25, 0.3) is 0 Å². The zero-order chi connectivity index (χ0) is 13.9. The molecule has 1 aromatic heterocycles. The average Bonchev–Trinajstić information content (AvgIpc) is 3.04. The SMILES string of the molecule is CCCC(=O)Cc1nc(C2Cc3ccccc3O2)no1. The van der Waals surface area contributed by atoms with Gasteiger partial charge < -0.3 is 9.26 Å². The van der Waals surface area contributed by atoms with E-state index < -0.39 is 0 Å². The number of carbonyl (C=O) groups is 1. The minimum absolute atomic E-state index is 0.123. The van der Waals surface area contributed by atoms with Gasteiger partial charge in [0.15, 0.2) is 6.10 Å². The van der Waals surface area contributed by atoms with Crippen molar-refractivity contribution in [3.63, 3.8) is 0 Å². The number of para-hydroxylation sites is 1. The topological polar surface area (TPSA) is 65.2 Å². The highest BCUT2D eigenvalue weighted by molar-refractivity contribution is 5.79. The third-order valence-corrected chi connectivity index (χ3v) is 3.30. The number of rotatable bonds is 5. The van der Waals surface area contributed by atoms with Crippen LogP contribution < -0.4 is 4.74 Å². The highest BCUT2D eigenvalue weighted by Gasteiger charge is 2.28. The van der Waals surface area contributed by atoms with Crippen LogP contribution in [-0.2, 0) is 17.6 Å². The molecule has 2 aromatic rings. The predicted molar refractivity (Wildman–Crippen MR) is 71.4 cm³/mol. The van der Waals surface area contributed by atoms with E-state index in [1.807, 2.05) is 31.2 Å². The first-order valence-corrected chi connectivity index (χ1v) is 6.85. The summed E-state index contributed by atoms with van der Waals surface area (Å²) in [4.78, 5) is 15.8. The van der Waals surface area contributed by atoms with E-state index >= 15 is 0 Å². The van der Waals surface area contributed by atoms with E-state index in [9.17, 15) is 4.79 Å². The van der Waals surface area contributed by atoms with Crippen molar-refractivity contribution < 1.29 is 14.1 Å². The van der Waals surface area contributed by atoms with Crippen molar-refractivity contribution in [2.75, 3.05) is 0 Å². The molecule has 1 aliphatic heterocycles. The van der Waals surface area contributed by atoms with E-state index in [-0.39, 0.29) is 18.3 Å². The molecule has 0 spiro atoms. The van der Waals surface area contributed by atoms with Crippen LogP contribution in [0.25, 0.3) is 0 Å². The highest BCUT2D eigenvalue weighted by Crippen LogP contribution is 2.35. The van der Waals surface area contributed by atoms with Gasteiger partial charge in [0.1, 0.15) is 11.5 Å². The van der Waals surface area contributed by atoms with Gasteiger partial charge in [-0.15, -0.1) is 0 Å². The van der Waals surface area contributed by atoms with Crippen LogP contribution in [0.2, 0.25) is 0 Å². The quantitative estimate of drug-likeness (QED) is 0.837. The molecular formula is C15H16N2O3. The van der Waals surface area contributed by atoms with Crippen LogP contribution in [0.5, 0.6) is 5.75 Å². The Morgan fingerprint density at radius 3 is 3.05 bits per heavy atom. The number of ether oxygens (including phenoxy) is 1. The molecular weight excluding hydrogens is 256 g/mol. The number of benzene rings is 1. The van der Waals surface area contributed by atoms with E-state index in [0.717, 1.165) is 24.2 Å². The van der Waals surface area contributed by atoms with Crippen molar-refractivity contribution in [3.8, 4) is 5.75 Å². The maximum Gasteiger partial charge on any atom is 0.234 e. The van der Waals surface area contributed by atoms with Gasteiger partial charge in [-0.25, -0.2) is 0 Å². The number of carbonyl (C=O) groups excluding carboxylic acids is 1. The number of fused-ring (bicyclic) bond motifs is 1. The number of hydrogen-bond acceptors (Lipinski definition) is 5. The number of hydrogen-bond donors (Lipinski definition) is 0. The van der Waals surface area contributed by atoms with Crippen molar-refractivity contribution in [2.45, 2.75) is 38.7 Å². The summed E-state index contributed by atoms with van der Waals surface area (Å²) in [6.07, 6.45) is 2.11. The molecule has 0 aliphatic carbocycles. The van der Waals surface area contributed by atoms with Crippen LogP contribution >= 0.6 is 0 Å². The van der Waals surface area contributed by atoms with Gasteiger partial charge in [0.2, 0.25) is 11.7 Å². The third kappa shape index (κ3) is 2.57. The van der Waals surface area contributed by atoms with E-state index in [1.165, 1.54) is 0 Å². The number of nitrogens with zero attached hydrogens (tertiary/aromatic N) is 2. The van der Waals surface area contributed by atoms with Crippen LogP contribution in [0.4, 0.5) is 0 Å². The van der Waals surface area contributed by atoms with Crippen LogP contribution in [0.3, 0.4) is 0 Å². The predicted octanol–water partition coefficient (Wildman–Crippen LogP) is 2.66. The molecule has 1 unspecified atom stereocenters. The molecule has 0 saturated heterocycles. The smallest absolute Gasteiger partial charge is 0.234 e. The molecule has 0 bridgehead atoms. The molecule has 3 rings (SSSR count). The Balaban J connectivity index is 1.68. The Kier molecular flexibility index (Phi) is 3.50. The van der Waals surface area contributed by atoms with Gasteiger partial charge in [-0.3, -0.25) is 4.79 Å². The monoisotopic (exact) mass is 272 g/mol. The van der Waals surface area contributed by atoms with Crippen molar-refractivity contribution in [3.05, 3.63) is 41.5 Å². The first kappa shape index (κ1) is 12.8. The van der Waals surface area contributed by atoms with Crippen LogP contribution in [-0.4, -0.2) is 15.9 Å². The molecule has 0 N–H and O–H groups in total. The van der Waals surface area contributed by atoms with E-state index in [1.54, 1.807) is 0 Å². The Morgan fingerprint density at radius 2 is 2.25 bits per heavy atom.